The standard InChI is InChI=1S/C19H19F2NO5S/c1-3-26-17-12-13(4-10-16(17)27-19(20)21)5-11-18(23)22-14-6-8-15(9-7-14)28(2,24)25/h4-12,19H,3H2,1-2H3,(H,22,23)/b11-5+. The van der Waals surface area contributed by atoms with Crippen LogP contribution in [0.3, 0.4) is 0 Å². The summed E-state index contributed by atoms with van der Waals surface area (Å²) in [6, 6.07) is 10.1. The molecular formula is C19H19F2NO5S. The SMILES string of the molecule is CCOc1cc(/C=C/C(=O)Nc2ccc(S(C)(=O)=O)cc2)ccc1OC(F)F. The fourth-order valence-corrected chi connectivity index (χ4v) is 2.86. The largest absolute Gasteiger partial charge is 0.490 e. The third-order valence-corrected chi connectivity index (χ3v) is 4.59. The van der Waals surface area contributed by atoms with Crippen molar-refractivity contribution in [1.29, 1.82) is 0 Å². The number of alkyl halides is 2. The Morgan fingerprint density at radius 3 is 2.39 bits per heavy atom. The molecule has 0 radical (unpaired) electrons. The molecule has 0 heterocycles. The molecule has 0 unspecified atom stereocenters. The molecule has 0 atom stereocenters. The second kappa shape index (κ2) is 9.32. The highest BCUT2D eigenvalue weighted by molar-refractivity contribution is 7.90. The van der Waals surface area contributed by atoms with E-state index in [0.29, 0.717) is 11.3 Å². The highest BCUT2D eigenvalue weighted by Crippen LogP contribution is 2.30. The quantitative estimate of drug-likeness (QED) is 0.669. The number of carbonyl (C=O) groups is 1. The molecule has 0 saturated heterocycles. The van der Waals surface area contributed by atoms with Gasteiger partial charge in [0.05, 0.1) is 11.5 Å². The van der Waals surface area contributed by atoms with Gasteiger partial charge in [-0.25, -0.2) is 8.42 Å². The number of hydrogen-bond donors (Lipinski definition) is 1. The van der Waals surface area contributed by atoms with Crippen molar-refractivity contribution in [3.8, 4) is 11.5 Å². The Hall–Kier alpha value is -2.94. The van der Waals surface area contributed by atoms with Gasteiger partial charge in [0.2, 0.25) is 5.91 Å². The van der Waals surface area contributed by atoms with Crippen LogP contribution < -0.4 is 14.8 Å². The lowest BCUT2D eigenvalue weighted by Crippen LogP contribution is -2.08. The maximum atomic E-state index is 12.4. The minimum atomic E-state index is -3.31. The molecule has 2 aromatic carbocycles. The molecule has 0 fully saturated rings. The highest BCUT2D eigenvalue weighted by atomic mass is 32.2. The predicted molar refractivity (Wildman–Crippen MR) is 101 cm³/mol. The van der Waals surface area contributed by atoms with E-state index in [9.17, 15) is 22.0 Å². The van der Waals surface area contributed by atoms with Crippen LogP contribution in [0, 0.1) is 0 Å². The van der Waals surface area contributed by atoms with Gasteiger partial charge in [0.25, 0.3) is 0 Å². The lowest BCUT2D eigenvalue weighted by atomic mass is 10.2. The lowest BCUT2D eigenvalue weighted by molar-refractivity contribution is -0.111. The van der Waals surface area contributed by atoms with Crippen molar-refractivity contribution in [3.05, 3.63) is 54.1 Å². The van der Waals surface area contributed by atoms with Crippen molar-refractivity contribution in [1.82, 2.24) is 0 Å². The number of amides is 1. The molecule has 2 aromatic rings. The van der Waals surface area contributed by atoms with E-state index in [-0.39, 0.29) is 23.0 Å². The summed E-state index contributed by atoms with van der Waals surface area (Å²) in [6.07, 6.45) is 3.83. The molecule has 9 heteroatoms. The van der Waals surface area contributed by atoms with Gasteiger partial charge in [-0.1, -0.05) is 6.07 Å². The van der Waals surface area contributed by atoms with E-state index in [1.807, 2.05) is 0 Å². The van der Waals surface area contributed by atoms with Crippen LogP contribution in [0.5, 0.6) is 11.5 Å². The predicted octanol–water partition coefficient (Wildman–Crippen LogP) is 3.74. The summed E-state index contributed by atoms with van der Waals surface area (Å²) in [5.74, 6) is -0.399. The molecule has 2 rings (SSSR count). The number of carbonyl (C=O) groups excluding carboxylic acids is 1. The zero-order valence-corrected chi connectivity index (χ0v) is 16.0. The first-order chi connectivity index (χ1) is 13.2. The van der Waals surface area contributed by atoms with Gasteiger partial charge in [-0.3, -0.25) is 4.79 Å². The van der Waals surface area contributed by atoms with Crippen LogP contribution in [0.15, 0.2) is 53.4 Å². The molecule has 6 nitrogen and oxygen atoms in total. The summed E-state index contributed by atoms with van der Waals surface area (Å²) in [5.41, 5.74) is 0.977. The minimum Gasteiger partial charge on any atom is -0.490 e. The molecule has 0 spiro atoms. The fraction of sp³-hybridized carbons (Fsp3) is 0.211. The minimum absolute atomic E-state index is 0.0931. The average Bonchev–Trinajstić information content (AvgIpc) is 2.61. The van der Waals surface area contributed by atoms with Crippen LogP contribution in [0.4, 0.5) is 14.5 Å². The second-order valence-corrected chi connectivity index (χ2v) is 7.65. The number of sulfone groups is 1. The van der Waals surface area contributed by atoms with E-state index in [1.165, 1.54) is 54.6 Å². The number of halogens is 2. The van der Waals surface area contributed by atoms with Crippen molar-refractivity contribution in [3.63, 3.8) is 0 Å². The van der Waals surface area contributed by atoms with Crippen LogP contribution in [0.2, 0.25) is 0 Å². The Morgan fingerprint density at radius 1 is 1.14 bits per heavy atom. The monoisotopic (exact) mass is 411 g/mol. The van der Waals surface area contributed by atoms with E-state index >= 15 is 0 Å². The number of anilines is 1. The molecule has 0 aromatic heterocycles. The summed E-state index contributed by atoms with van der Waals surface area (Å²) in [5, 5.41) is 2.59. The number of rotatable bonds is 8. The Balaban J connectivity index is 2.08. The van der Waals surface area contributed by atoms with Gasteiger partial charge in [0.15, 0.2) is 21.3 Å². The third-order valence-electron chi connectivity index (χ3n) is 3.46. The molecule has 0 aliphatic heterocycles. The number of benzene rings is 2. The van der Waals surface area contributed by atoms with Gasteiger partial charge in [-0.05, 0) is 55.0 Å². The van der Waals surface area contributed by atoms with Gasteiger partial charge in [-0.2, -0.15) is 8.78 Å². The fourth-order valence-electron chi connectivity index (χ4n) is 2.23. The normalized spacial score (nSPS) is 11.6. The maximum Gasteiger partial charge on any atom is 0.387 e. The molecule has 1 N–H and O–H groups in total. The van der Waals surface area contributed by atoms with Crippen molar-refractivity contribution in [2.75, 3.05) is 18.2 Å². The van der Waals surface area contributed by atoms with Crippen LogP contribution in [-0.2, 0) is 14.6 Å². The van der Waals surface area contributed by atoms with Crippen molar-refractivity contribution in [2.24, 2.45) is 0 Å². The average molecular weight is 411 g/mol. The van der Waals surface area contributed by atoms with E-state index in [0.717, 1.165) is 6.26 Å². The summed E-state index contributed by atoms with van der Waals surface area (Å²) in [4.78, 5) is 12.2. The Labute approximate surface area is 161 Å². The molecule has 0 saturated carbocycles. The van der Waals surface area contributed by atoms with Crippen LogP contribution in [0.1, 0.15) is 12.5 Å². The van der Waals surface area contributed by atoms with Crippen LogP contribution in [-0.4, -0.2) is 33.8 Å². The lowest BCUT2D eigenvalue weighted by Gasteiger charge is -2.11. The first kappa shape index (κ1) is 21.4. The second-order valence-electron chi connectivity index (χ2n) is 5.64. The molecule has 150 valence electrons. The van der Waals surface area contributed by atoms with Gasteiger partial charge in [-0.15, -0.1) is 0 Å². The van der Waals surface area contributed by atoms with Gasteiger partial charge < -0.3 is 14.8 Å². The van der Waals surface area contributed by atoms with E-state index < -0.39 is 22.4 Å². The zero-order chi connectivity index (χ0) is 20.7. The molecular weight excluding hydrogens is 392 g/mol. The molecule has 0 aliphatic carbocycles. The summed E-state index contributed by atoms with van der Waals surface area (Å²) >= 11 is 0. The first-order valence-corrected chi connectivity index (χ1v) is 10.1. The van der Waals surface area contributed by atoms with Gasteiger partial charge in [0, 0.05) is 18.0 Å². The Kier molecular flexibility index (Phi) is 7.11. The summed E-state index contributed by atoms with van der Waals surface area (Å²) < 4.78 is 57.3. The molecule has 0 bridgehead atoms. The Morgan fingerprint density at radius 2 is 1.82 bits per heavy atom. The number of nitrogens with one attached hydrogen (secondary N) is 1. The van der Waals surface area contributed by atoms with Gasteiger partial charge >= 0.3 is 6.61 Å². The Bertz CT molecular complexity index is 957. The van der Waals surface area contributed by atoms with E-state index in [2.05, 4.69) is 10.1 Å². The molecule has 1 amide bonds. The van der Waals surface area contributed by atoms with Crippen molar-refractivity contribution >= 4 is 27.5 Å². The number of ether oxygens (including phenoxy) is 2. The zero-order valence-electron chi connectivity index (χ0n) is 15.2. The summed E-state index contributed by atoms with van der Waals surface area (Å²) in [7, 11) is -3.31. The summed E-state index contributed by atoms with van der Waals surface area (Å²) in [6.45, 7) is -1.01. The highest BCUT2D eigenvalue weighted by Gasteiger charge is 2.11. The molecule has 0 aliphatic rings. The smallest absolute Gasteiger partial charge is 0.387 e. The van der Waals surface area contributed by atoms with E-state index in [1.54, 1.807) is 6.92 Å². The van der Waals surface area contributed by atoms with Crippen LogP contribution in [0.25, 0.3) is 6.08 Å². The van der Waals surface area contributed by atoms with Gasteiger partial charge in [0.1, 0.15) is 0 Å². The van der Waals surface area contributed by atoms with Crippen molar-refractivity contribution < 1.29 is 31.5 Å². The first-order valence-electron chi connectivity index (χ1n) is 8.20. The topological polar surface area (TPSA) is 81.7 Å². The van der Waals surface area contributed by atoms with Crippen LogP contribution >= 0.6 is 0 Å². The number of hydrogen-bond acceptors (Lipinski definition) is 5. The van der Waals surface area contributed by atoms with Crippen molar-refractivity contribution in [2.45, 2.75) is 18.4 Å². The molecule has 28 heavy (non-hydrogen) atoms. The third kappa shape index (κ3) is 6.34. The maximum absolute atomic E-state index is 12.4. The van der Waals surface area contributed by atoms with E-state index in [4.69, 9.17) is 4.74 Å².